The van der Waals surface area contributed by atoms with Crippen molar-refractivity contribution in [2.45, 2.75) is 11.8 Å². The fraction of sp³-hybridized carbons (Fsp3) is 0.100. The van der Waals surface area contributed by atoms with Gasteiger partial charge in [0, 0.05) is 0 Å². The lowest BCUT2D eigenvalue weighted by molar-refractivity contribution is 0.388. The minimum atomic E-state index is -4.23. The normalized spacial score (nSPS) is 12.1. The van der Waals surface area contributed by atoms with E-state index in [2.05, 4.69) is 19.9 Å². The van der Waals surface area contributed by atoms with Gasteiger partial charge in [-0.15, -0.1) is 5.11 Å². The molecule has 0 fully saturated rings. The molecule has 2 N–H and O–H groups in total. The van der Waals surface area contributed by atoms with E-state index in [1.54, 1.807) is 6.92 Å². The van der Waals surface area contributed by atoms with Crippen LogP contribution in [-0.4, -0.2) is 18.1 Å². The van der Waals surface area contributed by atoms with Crippen molar-refractivity contribution in [3.63, 3.8) is 0 Å². The Morgan fingerprint density at radius 3 is 2.32 bits per heavy atom. The zero-order chi connectivity index (χ0) is 14.0. The molecular formula is C10H9N3O5S. The summed E-state index contributed by atoms with van der Waals surface area (Å²) in [4.78, 5) is 10.9. The maximum atomic E-state index is 11.2. The molecule has 2 rings (SSSR count). The summed E-state index contributed by atoms with van der Waals surface area (Å²) in [7, 11) is -4.23. The molecule has 0 atom stereocenters. The first-order valence-corrected chi connectivity index (χ1v) is 6.49. The van der Waals surface area contributed by atoms with Gasteiger partial charge in [0.1, 0.15) is 0 Å². The van der Waals surface area contributed by atoms with Gasteiger partial charge >= 0.3 is 5.63 Å². The van der Waals surface area contributed by atoms with Gasteiger partial charge in [0.15, 0.2) is 5.69 Å². The number of hydrogen-bond acceptors (Lipinski definition) is 6. The average Bonchev–Trinajstić information content (AvgIpc) is 2.66. The van der Waals surface area contributed by atoms with Crippen LogP contribution in [0.1, 0.15) is 5.69 Å². The van der Waals surface area contributed by atoms with E-state index in [-0.39, 0.29) is 10.6 Å². The van der Waals surface area contributed by atoms with Crippen molar-refractivity contribution in [1.29, 1.82) is 0 Å². The first-order chi connectivity index (χ1) is 8.88. The Kier molecular flexibility index (Phi) is 3.32. The second-order valence-electron chi connectivity index (χ2n) is 3.63. The highest BCUT2D eigenvalue weighted by molar-refractivity contribution is 7.85. The number of rotatable bonds is 3. The number of aromatic amines is 1. The van der Waals surface area contributed by atoms with Crippen molar-refractivity contribution in [1.82, 2.24) is 5.16 Å². The van der Waals surface area contributed by atoms with E-state index in [0.717, 1.165) is 0 Å². The van der Waals surface area contributed by atoms with Crippen LogP contribution < -0.4 is 5.63 Å². The molecule has 0 aliphatic rings. The highest BCUT2D eigenvalue weighted by Gasteiger charge is 2.09. The minimum Gasteiger partial charge on any atom is -0.336 e. The number of aryl methyl sites for hydroxylation is 1. The Morgan fingerprint density at radius 2 is 1.84 bits per heavy atom. The summed E-state index contributed by atoms with van der Waals surface area (Å²) < 4.78 is 34.9. The summed E-state index contributed by atoms with van der Waals surface area (Å²) >= 11 is 0. The standard InChI is InChI=1S/C10H9N3O5S/c1-6-9(10(14)18-13-6)12-11-7-2-4-8(5-3-7)19(15,16)17/h2-5,13H,1H3,(H,15,16,17). The number of benzene rings is 1. The Balaban J connectivity index is 2.28. The van der Waals surface area contributed by atoms with Gasteiger partial charge in [-0.25, -0.2) is 9.95 Å². The van der Waals surface area contributed by atoms with Gasteiger partial charge in [0.25, 0.3) is 10.1 Å². The quantitative estimate of drug-likeness (QED) is 0.657. The van der Waals surface area contributed by atoms with Gasteiger partial charge < -0.3 is 4.52 Å². The summed E-state index contributed by atoms with van der Waals surface area (Å²) in [5, 5.41) is 9.81. The van der Waals surface area contributed by atoms with Crippen LogP contribution in [-0.2, 0) is 10.1 Å². The monoisotopic (exact) mass is 283 g/mol. The van der Waals surface area contributed by atoms with Crippen LogP contribution in [0.5, 0.6) is 0 Å². The zero-order valence-electron chi connectivity index (χ0n) is 9.69. The molecule has 0 amide bonds. The van der Waals surface area contributed by atoms with E-state index in [1.807, 2.05) is 0 Å². The zero-order valence-corrected chi connectivity index (χ0v) is 10.5. The summed E-state index contributed by atoms with van der Waals surface area (Å²) in [6, 6.07) is 5.04. The van der Waals surface area contributed by atoms with E-state index < -0.39 is 15.7 Å². The molecular weight excluding hydrogens is 274 g/mol. The fourth-order valence-corrected chi connectivity index (χ4v) is 1.76. The SMILES string of the molecule is Cc1[nH]oc(=O)c1N=Nc1ccc(S(=O)(=O)O)cc1. The second-order valence-corrected chi connectivity index (χ2v) is 5.06. The smallest absolute Gasteiger partial charge is 0.336 e. The van der Waals surface area contributed by atoms with Gasteiger partial charge in [0.2, 0.25) is 0 Å². The molecule has 0 aliphatic carbocycles. The molecule has 9 heteroatoms. The lowest BCUT2D eigenvalue weighted by atomic mass is 10.3. The van der Waals surface area contributed by atoms with E-state index in [4.69, 9.17) is 4.55 Å². The third kappa shape index (κ3) is 2.95. The van der Waals surface area contributed by atoms with Crippen molar-refractivity contribution in [2.75, 3.05) is 0 Å². The number of nitrogens with zero attached hydrogens (tertiary/aromatic N) is 2. The molecule has 2 aromatic rings. The average molecular weight is 283 g/mol. The number of azo groups is 1. The van der Waals surface area contributed by atoms with E-state index in [0.29, 0.717) is 11.4 Å². The van der Waals surface area contributed by atoms with Crippen LogP contribution >= 0.6 is 0 Å². The van der Waals surface area contributed by atoms with Crippen molar-refractivity contribution < 1.29 is 17.5 Å². The minimum absolute atomic E-state index is 0.0406. The molecule has 0 saturated heterocycles. The molecule has 1 aromatic carbocycles. The third-order valence-electron chi connectivity index (χ3n) is 2.25. The number of hydrogen-bond donors (Lipinski definition) is 2. The van der Waals surface area contributed by atoms with Crippen molar-refractivity contribution in [3.8, 4) is 0 Å². The molecule has 0 radical (unpaired) electrons. The van der Waals surface area contributed by atoms with Crippen LogP contribution in [0.3, 0.4) is 0 Å². The summed E-state index contributed by atoms with van der Waals surface area (Å²) in [5.41, 5.74) is 0.158. The maximum Gasteiger partial charge on any atom is 0.384 e. The van der Waals surface area contributed by atoms with E-state index in [9.17, 15) is 13.2 Å². The first kappa shape index (κ1) is 13.2. The predicted octanol–water partition coefficient (Wildman–Crippen LogP) is 1.94. The highest BCUT2D eigenvalue weighted by atomic mass is 32.2. The number of aromatic nitrogens is 1. The van der Waals surface area contributed by atoms with Crippen molar-refractivity contribution in [3.05, 3.63) is 40.4 Å². The Morgan fingerprint density at radius 1 is 1.21 bits per heavy atom. The highest BCUT2D eigenvalue weighted by Crippen LogP contribution is 2.19. The summed E-state index contributed by atoms with van der Waals surface area (Å²) in [6.45, 7) is 1.60. The van der Waals surface area contributed by atoms with Crippen LogP contribution in [0.2, 0.25) is 0 Å². The third-order valence-corrected chi connectivity index (χ3v) is 3.11. The van der Waals surface area contributed by atoms with Crippen LogP contribution in [0, 0.1) is 6.92 Å². The molecule has 0 saturated carbocycles. The van der Waals surface area contributed by atoms with Crippen LogP contribution in [0.25, 0.3) is 0 Å². The molecule has 1 aromatic heterocycles. The molecule has 19 heavy (non-hydrogen) atoms. The molecule has 0 aliphatic heterocycles. The number of nitrogens with one attached hydrogen (secondary N) is 1. The van der Waals surface area contributed by atoms with E-state index >= 15 is 0 Å². The van der Waals surface area contributed by atoms with Gasteiger partial charge in [-0.2, -0.15) is 13.5 Å². The lowest BCUT2D eigenvalue weighted by Crippen LogP contribution is -1.96. The van der Waals surface area contributed by atoms with Gasteiger partial charge in [-0.3, -0.25) is 4.55 Å². The topological polar surface area (TPSA) is 125 Å². The Hall–Kier alpha value is -2.26. The molecule has 0 unspecified atom stereocenters. The molecule has 1 heterocycles. The maximum absolute atomic E-state index is 11.2. The summed E-state index contributed by atoms with van der Waals surface area (Å²) in [6.07, 6.45) is 0. The van der Waals surface area contributed by atoms with Crippen molar-refractivity contribution in [2.24, 2.45) is 10.2 Å². The number of H-pyrrole nitrogens is 1. The van der Waals surface area contributed by atoms with Crippen LogP contribution in [0.15, 0.2) is 48.7 Å². The van der Waals surface area contributed by atoms with E-state index in [1.165, 1.54) is 24.3 Å². The van der Waals surface area contributed by atoms with Gasteiger partial charge in [0.05, 0.1) is 16.3 Å². The predicted molar refractivity (Wildman–Crippen MR) is 64.5 cm³/mol. The molecule has 0 bridgehead atoms. The fourth-order valence-electron chi connectivity index (χ4n) is 1.28. The van der Waals surface area contributed by atoms with Gasteiger partial charge in [-0.05, 0) is 31.2 Å². The second kappa shape index (κ2) is 4.78. The van der Waals surface area contributed by atoms with Crippen molar-refractivity contribution >= 4 is 21.5 Å². The largest absolute Gasteiger partial charge is 0.384 e. The molecule has 8 nitrogen and oxygen atoms in total. The molecule has 0 spiro atoms. The Labute approximate surface area is 107 Å². The summed E-state index contributed by atoms with van der Waals surface area (Å²) in [5.74, 6) is 0. The molecule has 100 valence electrons. The van der Waals surface area contributed by atoms with Crippen LogP contribution in [0.4, 0.5) is 11.4 Å². The lowest BCUT2D eigenvalue weighted by Gasteiger charge is -1.96. The Bertz CT molecular complexity index is 770. The first-order valence-electron chi connectivity index (χ1n) is 5.05. The van der Waals surface area contributed by atoms with Gasteiger partial charge in [-0.1, -0.05) is 0 Å².